The van der Waals surface area contributed by atoms with Crippen molar-refractivity contribution in [2.75, 3.05) is 91.6 Å². The third-order valence-electron chi connectivity index (χ3n) is 5.96. The van der Waals surface area contributed by atoms with Gasteiger partial charge in [0.25, 0.3) is 0 Å². The van der Waals surface area contributed by atoms with E-state index in [9.17, 15) is 0 Å². The molecular formula is C22H38N6O. The monoisotopic (exact) mass is 402 g/mol. The van der Waals surface area contributed by atoms with Crippen molar-refractivity contribution in [1.29, 1.82) is 0 Å². The lowest BCUT2D eigenvalue weighted by molar-refractivity contribution is 0.273. The third-order valence-corrected chi connectivity index (χ3v) is 5.96. The average Bonchev–Trinajstić information content (AvgIpc) is 2.98. The number of hydrogen-bond acceptors (Lipinski definition) is 5. The number of anilines is 1. The van der Waals surface area contributed by atoms with Crippen molar-refractivity contribution >= 4 is 11.6 Å². The summed E-state index contributed by atoms with van der Waals surface area (Å²) in [7, 11) is 5.84. The highest BCUT2D eigenvalue weighted by Crippen LogP contribution is 2.22. The molecule has 2 heterocycles. The summed E-state index contributed by atoms with van der Waals surface area (Å²) in [5, 5.41) is 3.58. The number of guanidine groups is 1. The van der Waals surface area contributed by atoms with E-state index in [1.165, 1.54) is 44.8 Å². The van der Waals surface area contributed by atoms with Crippen LogP contribution in [-0.4, -0.2) is 107 Å². The van der Waals surface area contributed by atoms with Gasteiger partial charge in [0, 0.05) is 64.6 Å². The first kappa shape index (κ1) is 21.7. The number of methoxy groups -OCH3 is 1. The number of nitrogens with one attached hydrogen (secondary N) is 1. The van der Waals surface area contributed by atoms with Crippen LogP contribution in [0.15, 0.2) is 29.3 Å². The van der Waals surface area contributed by atoms with Gasteiger partial charge in [-0.1, -0.05) is 6.07 Å². The predicted molar refractivity (Wildman–Crippen MR) is 121 cm³/mol. The molecule has 1 N–H and O–H groups in total. The van der Waals surface area contributed by atoms with Crippen LogP contribution < -0.4 is 15.0 Å². The second-order valence-corrected chi connectivity index (χ2v) is 8.00. The van der Waals surface area contributed by atoms with Crippen LogP contribution in [0.25, 0.3) is 0 Å². The number of hydrogen-bond donors (Lipinski definition) is 1. The van der Waals surface area contributed by atoms with Crippen LogP contribution in [0.3, 0.4) is 0 Å². The smallest absolute Gasteiger partial charge is 0.193 e. The number of nitrogens with zero attached hydrogens (tertiary/aromatic N) is 5. The van der Waals surface area contributed by atoms with E-state index in [0.29, 0.717) is 0 Å². The Balaban J connectivity index is 1.38. The maximum atomic E-state index is 5.36. The number of likely N-dealkylation sites (N-methyl/N-ethyl adjacent to an activating group) is 1. The second-order valence-electron chi connectivity index (χ2n) is 8.00. The van der Waals surface area contributed by atoms with E-state index in [4.69, 9.17) is 4.74 Å². The Morgan fingerprint density at radius 2 is 1.90 bits per heavy atom. The number of aliphatic imine (C=N–C) groups is 1. The van der Waals surface area contributed by atoms with Crippen molar-refractivity contribution in [2.24, 2.45) is 4.99 Å². The maximum Gasteiger partial charge on any atom is 0.193 e. The summed E-state index contributed by atoms with van der Waals surface area (Å²) in [5.74, 6) is 1.95. The molecule has 0 spiro atoms. The van der Waals surface area contributed by atoms with Gasteiger partial charge < -0.3 is 29.7 Å². The normalized spacial score (nSPS) is 19.9. The van der Waals surface area contributed by atoms with Gasteiger partial charge in [0.05, 0.1) is 7.11 Å². The molecule has 0 bridgehead atoms. The van der Waals surface area contributed by atoms with Crippen LogP contribution in [0.5, 0.6) is 5.75 Å². The lowest BCUT2D eigenvalue weighted by Gasteiger charge is -2.37. The topological polar surface area (TPSA) is 46.6 Å². The molecule has 0 aliphatic carbocycles. The molecule has 0 saturated carbocycles. The molecule has 0 atom stereocenters. The molecule has 7 heteroatoms. The number of ether oxygens (including phenoxy) is 1. The largest absolute Gasteiger partial charge is 0.497 e. The predicted octanol–water partition coefficient (Wildman–Crippen LogP) is 1.42. The maximum absolute atomic E-state index is 5.36. The quantitative estimate of drug-likeness (QED) is 0.441. The molecule has 0 amide bonds. The first-order valence-electron chi connectivity index (χ1n) is 10.9. The summed E-state index contributed by atoms with van der Waals surface area (Å²) in [6.07, 6.45) is 2.44. The summed E-state index contributed by atoms with van der Waals surface area (Å²) in [5.41, 5.74) is 1.23. The zero-order valence-electron chi connectivity index (χ0n) is 18.4. The number of piperazine rings is 1. The van der Waals surface area contributed by atoms with Gasteiger partial charge in [0.15, 0.2) is 5.96 Å². The summed E-state index contributed by atoms with van der Waals surface area (Å²) >= 11 is 0. The average molecular weight is 403 g/mol. The minimum atomic E-state index is 0.915. The summed E-state index contributed by atoms with van der Waals surface area (Å²) < 4.78 is 5.36. The van der Waals surface area contributed by atoms with Crippen LogP contribution in [-0.2, 0) is 0 Å². The van der Waals surface area contributed by atoms with Gasteiger partial charge in [0.2, 0.25) is 0 Å². The third kappa shape index (κ3) is 6.51. The zero-order valence-corrected chi connectivity index (χ0v) is 18.4. The molecule has 29 heavy (non-hydrogen) atoms. The summed E-state index contributed by atoms with van der Waals surface area (Å²) in [6.45, 7) is 10.9. The molecular weight excluding hydrogens is 364 g/mol. The zero-order chi connectivity index (χ0) is 20.5. The van der Waals surface area contributed by atoms with Crippen LogP contribution in [0, 0.1) is 0 Å². The highest BCUT2D eigenvalue weighted by atomic mass is 16.5. The van der Waals surface area contributed by atoms with Crippen molar-refractivity contribution in [3.05, 3.63) is 24.3 Å². The van der Waals surface area contributed by atoms with E-state index in [2.05, 4.69) is 55.2 Å². The molecule has 0 radical (unpaired) electrons. The molecule has 7 nitrogen and oxygen atoms in total. The Hall–Kier alpha value is -1.99. The molecule has 0 unspecified atom stereocenters. The molecule has 3 rings (SSSR count). The molecule has 162 valence electrons. The Kier molecular flexibility index (Phi) is 8.43. The van der Waals surface area contributed by atoms with Gasteiger partial charge in [-0.15, -0.1) is 0 Å². The lowest BCUT2D eigenvalue weighted by Crippen LogP contribution is -2.52. The van der Waals surface area contributed by atoms with Crippen molar-refractivity contribution < 1.29 is 4.74 Å². The Bertz CT molecular complexity index is 644. The fourth-order valence-corrected chi connectivity index (χ4v) is 4.14. The minimum absolute atomic E-state index is 0.915. The van der Waals surface area contributed by atoms with E-state index in [-0.39, 0.29) is 0 Å². The number of benzene rings is 1. The van der Waals surface area contributed by atoms with Gasteiger partial charge in [0.1, 0.15) is 5.75 Å². The molecule has 2 saturated heterocycles. The van der Waals surface area contributed by atoms with Crippen molar-refractivity contribution in [2.45, 2.75) is 12.8 Å². The first-order chi connectivity index (χ1) is 14.2. The molecule has 1 aromatic carbocycles. The second kappa shape index (κ2) is 11.3. The standard InChI is InChI=1S/C22H38N6O/c1-23-22(24-9-5-11-26-12-6-10-25(2)13-14-26)28-17-15-27(16-18-28)20-7-4-8-21(19-20)29-3/h4,7-8,19H,5-6,9-18H2,1-3H3,(H,23,24). The van der Waals surface area contributed by atoms with Crippen LogP contribution in [0.2, 0.25) is 0 Å². The number of rotatable bonds is 6. The fraction of sp³-hybridized carbons (Fsp3) is 0.682. The summed E-state index contributed by atoms with van der Waals surface area (Å²) in [6, 6.07) is 8.33. The molecule has 1 aromatic rings. The van der Waals surface area contributed by atoms with Crippen molar-refractivity contribution in [3.63, 3.8) is 0 Å². The van der Waals surface area contributed by atoms with Gasteiger partial charge in [-0.2, -0.15) is 0 Å². The molecule has 2 fully saturated rings. The van der Waals surface area contributed by atoms with E-state index < -0.39 is 0 Å². The van der Waals surface area contributed by atoms with Crippen LogP contribution >= 0.6 is 0 Å². The van der Waals surface area contributed by atoms with E-state index in [1.54, 1.807) is 7.11 Å². The Morgan fingerprint density at radius 1 is 1.07 bits per heavy atom. The van der Waals surface area contributed by atoms with Gasteiger partial charge in [-0.05, 0) is 51.7 Å². The van der Waals surface area contributed by atoms with Crippen molar-refractivity contribution in [1.82, 2.24) is 20.0 Å². The van der Waals surface area contributed by atoms with Crippen LogP contribution in [0.4, 0.5) is 5.69 Å². The molecule has 2 aliphatic heterocycles. The SMILES string of the molecule is CN=C(NCCCN1CCCN(C)CC1)N1CCN(c2cccc(OC)c2)CC1. The summed E-state index contributed by atoms with van der Waals surface area (Å²) in [4.78, 5) is 14.3. The highest BCUT2D eigenvalue weighted by molar-refractivity contribution is 5.80. The Morgan fingerprint density at radius 3 is 2.66 bits per heavy atom. The van der Waals surface area contributed by atoms with Crippen LogP contribution in [0.1, 0.15) is 12.8 Å². The van der Waals surface area contributed by atoms with Crippen molar-refractivity contribution in [3.8, 4) is 5.75 Å². The van der Waals surface area contributed by atoms with Gasteiger partial charge >= 0.3 is 0 Å². The van der Waals surface area contributed by atoms with E-state index >= 15 is 0 Å². The molecule has 0 aromatic heterocycles. The van der Waals surface area contributed by atoms with E-state index in [1.807, 2.05) is 13.1 Å². The van der Waals surface area contributed by atoms with E-state index in [0.717, 1.165) is 50.9 Å². The first-order valence-corrected chi connectivity index (χ1v) is 10.9. The minimum Gasteiger partial charge on any atom is -0.497 e. The fourth-order valence-electron chi connectivity index (χ4n) is 4.14. The molecule has 2 aliphatic rings. The van der Waals surface area contributed by atoms with Gasteiger partial charge in [-0.25, -0.2) is 0 Å². The lowest BCUT2D eigenvalue weighted by atomic mass is 10.2. The highest BCUT2D eigenvalue weighted by Gasteiger charge is 2.20. The van der Waals surface area contributed by atoms with Gasteiger partial charge in [-0.3, -0.25) is 4.99 Å². The Labute approximate surface area is 176 Å².